The van der Waals surface area contributed by atoms with Crippen molar-refractivity contribution in [3.05, 3.63) is 54.0 Å². The monoisotopic (exact) mass is 363 g/mol. The first-order chi connectivity index (χ1) is 12.8. The maximum absolute atomic E-state index is 5.94. The first-order valence-electron chi connectivity index (χ1n) is 8.59. The predicted octanol–water partition coefficient (Wildman–Crippen LogP) is 3.90. The Morgan fingerprint density at radius 3 is 2.81 bits per heavy atom. The summed E-state index contributed by atoms with van der Waals surface area (Å²) >= 11 is 1.54. The van der Waals surface area contributed by atoms with Crippen molar-refractivity contribution in [3.63, 3.8) is 0 Å². The van der Waals surface area contributed by atoms with Gasteiger partial charge in [0.15, 0.2) is 11.1 Å². The average Bonchev–Trinajstić information content (AvgIpc) is 3.11. The number of guanidine groups is 1. The third-order valence-electron chi connectivity index (χ3n) is 4.50. The number of ether oxygens (including phenoxy) is 1. The van der Waals surface area contributed by atoms with Gasteiger partial charge in [-0.15, -0.1) is 11.3 Å². The molecule has 3 aliphatic rings. The maximum atomic E-state index is 5.94. The van der Waals surface area contributed by atoms with E-state index in [1.165, 1.54) is 0 Å². The summed E-state index contributed by atoms with van der Waals surface area (Å²) in [4.78, 5) is 13.7. The fourth-order valence-electron chi connectivity index (χ4n) is 3.12. The van der Waals surface area contributed by atoms with Gasteiger partial charge in [-0.1, -0.05) is 18.2 Å². The van der Waals surface area contributed by atoms with E-state index in [1.807, 2.05) is 47.8 Å². The molecule has 2 aromatic heterocycles. The summed E-state index contributed by atoms with van der Waals surface area (Å²) < 4.78 is 5.94. The summed E-state index contributed by atoms with van der Waals surface area (Å²) in [5, 5.41) is 9.49. The van der Waals surface area contributed by atoms with Gasteiger partial charge in [0.2, 0.25) is 5.88 Å². The first-order valence-corrected chi connectivity index (χ1v) is 9.46. The van der Waals surface area contributed by atoms with Gasteiger partial charge in [-0.05, 0) is 37.1 Å². The summed E-state index contributed by atoms with van der Waals surface area (Å²) in [5.74, 6) is 2.12. The molecule has 0 atom stereocenters. The number of aliphatic imine (C=N–C) groups is 1. The van der Waals surface area contributed by atoms with Gasteiger partial charge in [0.25, 0.3) is 0 Å². The highest BCUT2D eigenvalue weighted by atomic mass is 32.1. The van der Waals surface area contributed by atoms with Crippen LogP contribution in [0.15, 0.2) is 59.0 Å². The number of hydrogen-bond acceptors (Lipinski definition) is 7. The fourth-order valence-corrected chi connectivity index (χ4v) is 3.83. The minimum Gasteiger partial charge on any atom is -0.438 e. The highest BCUT2D eigenvalue weighted by Crippen LogP contribution is 2.33. The summed E-state index contributed by atoms with van der Waals surface area (Å²) in [6, 6.07) is 14.5. The van der Waals surface area contributed by atoms with Gasteiger partial charge >= 0.3 is 0 Å². The molecule has 1 saturated carbocycles. The quantitative estimate of drug-likeness (QED) is 0.736. The Hall–Kier alpha value is -2.93. The van der Waals surface area contributed by atoms with Crippen LogP contribution in [0.1, 0.15) is 12.8 Å². The molecule has 0 saturated heterocycles. The standard InChI is InChI=1S/C19H17N5OS/c1-2-5-14(6-3-1)25-17-15(7-4-8-20-17)16-11-26-19(23-16)24-18-21-12-9-13(10-12)22-18/h1-8,11-13H,9-10H2,(H2,21,22,23,24). The Bertz CT molecular complexity index is 949. The van der Waals surface area contributed by atoms with Crippen LogP contribution in [0.4, 0.5) is 5.13 Å². The molecule has 1 aromatic carbocycles. The smallest absolute Gasteiger partial charge is 0.228 e. The number of hydrogen-bond donors (Lipinski definition) is 2. The molecule has 7 heteroatoms. The minimum atomic E-state index is 0.465. The summed E-state index contributed by atoms with van der Waals surface area (Å²) in [7, 11) is 0. The van der Waals surface area contributed by atoms with Crippen LogP contribution in [0.25, 0.3) is 11.3 Å². The highest BCUT2D eigenvalue weighted by Gasteiger charge is 2.34. The molecule has 1 fully saturated rings. The van der Waals surface area contributed by atoms with Crippen LogP contribution in [0.5, 0.6) is 11.6 Å². The predicted molar refractivity (Wildman–Crippen MR) is 103 cm³/mol. The van der Waals surface area contributed by atoms with E-state index in [2.05, 4.69) is 25.6 Å². The molecule has 2 aliphatic heterocycles. The maximum Gasteiger partial charge on any atom is 0.228 e. The van der Waals surface area contributed by atoms with Crippen molar-refractivity contribution in [1.82, 2.24) is 15.3 Å². The van der Waals surface area contributed by atoms with Gasteiger partial charge in [0, 0.05) is 17.6 Å². The Kier molecular flexibility index (Phi) is 3.79. The number of anilines is 1. The van der Waals surface area contributed by atoms with E-state index < -0.39 is 0 Å². The third kappa shape index (κ3) is 3.01. The van der Waals surface area contributed by atoms with Crippen LogP contribution < -0.4 is 15.4 Å². The van der Waals surface area contributed by atoms with Crippen LogP contribution in [0, 0.1) is 0 Å². The lowest BCUT2D eigenvalue weighted by Crippen LogP contribution is -2.54. The molecular formula is C19H17N5OS. The van der Waals surface area contributed by atoms with Gasteiger partial charge in [-0.2, -0.15) is 0 Å². The molecular weight excluding hydrogens is 346 g/mol. The number of para-hydroxylation sites is 1. The number of benzene rings is 1. The molecule has 3 aromatic rings. The zero-order valence-corrected chi connectivity index (χ0v) is 14.7. The lowest BCUT2D eigenvalue weighted by Gasteiger charge is -2.39. The molecule has 4 heterocycles. The van der Waals surface area contributed by atoms with Gasteiger partial charge in [0.1, 0.15) is 5.75 Å². The van der Waals surface area contributed by atoms with E-state index in [0.717, 1.165) is 40.9 Å². The Labute approximate surface area is 155 Å². The van der Waals surface area contributed by atoms with Gasteiger partial charge < -0.3 is 15.4 Å². The average molecular weight is 363 g/mol. The van der Waals surface area contributed by atoms with Crippen molar-refractivity contribution in [3.8, 4) is 22.9 Å². The van der Waals surface area contributed by atoms with Crippen LogP contribution in [-0.2, 0) is 0 Å². The number of aromatic nitrogens is 2. The van der Waals surface area contributed by atoms with Crippen molar-refractivity contribution in [2.75, 3.05) is 5.32 Å². The fraction of sp³-hybridized carbons (Fsp3) is 0.211. The zero-order chi connectivity index (χ0) is 17.3. The van der Waals surface area contributed by atoms with Crippen molar-refractivity contribution in [1.29, 1.82) is 0 Å². The molecule has 0 amide bonds. The molecule has 0 spiro atoms. The molecule has 26 heavy (non-hydrogen) atoms. The Morgan fingerprint density at radius 1 is 1.12 bits per heavy atom. The lowest BCUT2D eigenvalue weighted by atomic mass is 9.86. The molecule has 2 N–H and O–H groups in total. The molecule has 6 nitrogen and oxygen atoms in total. The first kappa shape index (κ1) is 15.3. The second-order valence-electron chi connectivity index (χ2n) is 6.38. The second-order valence-corrected chi connectivity index (χ2v) is 7.24. The Balaban J connectivity index is 1.38. The molecule has 0 unspecified atom stereocenters. The molecule has 6 rings (SSSR count). The highest BCUT2D eigenvalue weighted by molar-refractivity contribution is 7.14. The number of fused-ring (bicyclic) bond motifs is 1. The van der Waals surface area contributed by atoms with Crippen LogP contribution in [-0.4, -0.2) is 28.0 Å². The molecule has 130 valence electrons. The largest absolute Gasteiger partial charge is 0.438 e. The van der Waals surface area contributed by atoms with Gasteiger partial charge in [-0.25, -0.2) is 15.0 Å². The SMILES string of the molecule is c1ccc(Oc2ncccc2-c2csc(NC3=NC4CC(C4)N3)n2)cc1. The van der Waals surface area contributed by atoms with Gasteiger partial charge in [-0.3, -0.25) is 0 Å². The Morgan fingerprint density at radius 2 is 2.00 bits per heavy atom. The van der Waals surface area contributed by atoms with E-state index in [4.69, 9.17) is 4.74 Å². The van der Waals surface area contributed by atoms with Crippen molar-refractivity contribution >= 4 is 22.4 Å². The van der Waals surface area contributed by atoms with Crippen molar-refractivity contribution in [2.24, 2.45) is 4.99 Å². The van der Waals surface area contributed by atoms with E-state index >= 15 is 0 Å². The molecule has 0 radical (unpaired) electrons. The number of nitrogens with zero attached hydrogens (tertiary/aromatic N) is 3. The zero-order valence-electron chi connectivity index (χ0n) is 13.9. The number of pyridine rings is 1. The van der Waals surface area contributed by atoms with E-state index in [0.29, 0.717) is 18.0 Å². The molecule has 1 aliphatic carbocycles. The number of thiazole rings is 1. The number of nitrogens with one attached hydrogen (secondary N) is 2. The van der Waals surface area contributed by atoms with Crippen molar-refractivity contribution in [2.45, 2.75) is 24.9 Å². The van der Waals surface area contributed by atoms with Crippen LogP contribution in [0.3, 0.4) is 0 Å². The summed E-state index contributed by atoms with van der Waals surface area (Å²) in [6.07, 6.45) is 4.01. The summed E-state index contributed by atoms with van der Waals surface area (Å²) in [6.45, 7) is 0. The van der Waals surface area contributed by atoms with E-state index in [-0.39, 0.29) is 0 Å². The molecule has 2 bridgehead atoms. The third-order valence-corrected chi connectivity index (χ3v) is 5.26. The van der Waals surface area contributed by atoms with Crippen LogP contribution in [0.2, 0.25) is 0 Å². The van der Waals surface area contributed by atoms with Crippen LogP contribution >= 0.6 is 11.3 Å². The normalized spacial score (nSPS) is 20.5. The van der Waals surface area contributed by atoms with E-state index in [9.17, 15) is 0 Å². The minimum absolute atomic E-state index is 0.465. The second kappa shape index (κ2) is 6.42. The summed E-state index contributed by atoms with van der Waals surface area (Å²) in [5.41, 5.74) is 1.69. The lowest BCUT2D eigenvalue weighted by molar-refractivity contribution is 0.304. The topological polar surface area (TPSA) is 71.4 Å². The van der Waals surface area contributed by atoms with E-state index in [1.54, 1.807) is 17.5 Å². The van der Waals surface area contributed by atoms with Crippen molar-refractivity contribution < 1.29 is 4.74 Å². The number of rotatable bonds is 4. The van der Waals surface area contributed by atoms with Gasteiger partial charge in [0.05, 0.1) is 17.3 Å².